The number of nitrogens with two attached hydrogens (primary N) is 1. The van der Waals surface area contributed by atoms with Crippen molar-refractivity contribution < 1.29 is 0 Å². The summed E-state index contributed by atoms with van der Waals surface area (Å²) in [6.07, 6.45) is 4.01. The fraction of sp³-hybridized carbons (Fsp3) is 0.545. The number of hydrogen-bond donors (Lipinski definition) is 1. The molecule has 0 aliphatic carbocycles. The summed E-state index contributed by atoms with van der Waals surface area (Å²) in [5, 5.41) is 0. The van der Waals surface area contributed by atoms with E-state index in [4.69, 9.17) is 5.73 Å². The highest BCUT2D eigenvalue weighted by Crippen LogP contribution is 2.22. The molecule has 0 aromatic carbocycles. The maximum Gasteiger partial charge on any atom is 0.128 e. The van der Waals surface area contributed by atoms with Crippen molar-refractivity contribution in [1.29, 1.82) is 0 Å². The second-order valence-electron chi connectivity index (χ2n) is 4.12. The fourth-order valence-corrected chi connectivity index (χ4v) is 2.04. The second-order valence-corrected chi connectivity index (χ2v) is 4.97. The molecule has 1 aliphatic rings. The van der Waals surface area contributed by atoms with Crippen molar-refractivity contribution in [3.05, 3.63) is 22.3 Å². The van der Waals surface area contributed by atoms with Crippen LogP contribution in [0.5, 0.6) is 0 Å². The van der Waals surface area contributed by atoms with Crippen molar-refractivity contribution in [3.63, 3.8) is 0 Å². The number of rotatable bonds is 1. The van der Waals surface area contributed by atoms with Crippen molar-refractivity contribution in [1.82, 2.24) is 4.98 Å². The summed E-state index contributed by atoms with van der Waals surface area (Å²) in [6, 6.07) is 2.50. The van der Waals surface area contributed by atoms with Gasteiger partial charge < -0.3 is 10.6 Å². The van der Waals surface area contributed by atoms with E-state index in [9.17, 15) is 0 Å². The van der Waals surface area contributed by atoms with Crippen LogP contribution in [0.3, 0.4) is 0 Å². The molecule has 2 rings (SSSR count). The van der Waals surface area contributed by atoms with Gasteiger partial charge in [-0.25, -0.2) is 4.98 Å². The molecule has 2 heterocycles. The molecular weight excluding hydrogens is 254 g/mol. The topological polar surface area (TPSA) is 42.1 Å². The van der Waals surface area contributed by atoms with Gasteiger partial charge in [-0.05, 0) is 47.3 Å². The van der Waals surface area contributed by atoms with Crippen LogP contribution < -0.4 is 10.6 Å². The molecule has 1 aliphatic heterocycles. The number of halogens is 1. The molecule has 1 aromatic rings. The molecule has 0 atom stereocenters. The van der Waals surface area contributed by atoms with E-state index in [2.05, 4.69) is 38.8 Å². The van der Waals surface area contributed by atoms with E-state index in [0.29, 0.717) is 6.04 Å². The zero-order valence-electron chi connectivity index (χ0n) is 8.91. The van der Waals surface area contributed by atoms with Gasteiger partial charge in [-0.1, -0.05) is 0 Å². The summed E-state index contributed by atoms with van der Waals surface area (Å²) in [5.74, 6) is 1.07. The Labute approximate surface area is 98.8 Å². The minimum absolute atomic E-state index is 0.373. The third-order valence-corrected chi connectivity index (χ3v) is 3.73. The Morgan fingerprint density at radius 2 is 2.13 bits per heavy atom. The predicted octanol–water partition coefficient (Wildman–Crippen LogP) is 2.08. The van der Waals surface area contributed by atoms with E-state index in [1.165, 1.54) is 5.56 Å². The first kappa shape index (κ1) is 10.9. The predicted molar refractivity (Wildman–Crippen MR) is 66.1 cm³/mol. The van der Waals surface area contributed by atoms with Gasteiger partial charge in [0.05, 0.1) is 0 Å². The Hall–Kier alpha value is -0.610. The van der Waals surface area contributed by atoms with E-state index < -0.39 is 0 Å². The van der Waals surface area contributed by atoms with Crippen molar-refractivity contribution in [2.45, 2.75) is 25.8 Å². The molecule has 1 saturated heterocycles. The van der Waals surface area contributed by atoms with Gasteiger partial charge in [0.15, 0.2) is 0 Å². The van der Waals surface area contributed by atoms with E-state index in [1.54, 1.807) is 0 Å². The quantitative estimate of drug-likeness (QED) is 0.849. The lowest BCUT2D eigenvalue weighted by Gasteiger charge is -2.31. The van der Waals surface area contributed by atoms with Crippen LogP contribution in [-0.2, 0) is 0 Å². The van der Waals surface area contributed by atoms with Crippen molar-refractivity contribution in [3.8, 4) is 0 Å². The van der Waals surface area contributed by atoms with E-state index in [0.717, 1.165) is 36.2 Å². The second kappa shape index (κ2) is 4.49. The summed E-state index contributed by atoms with van der Waals surface area (Å²) in [5.41, 5.74) is 7.11. The van der Waals surface area contributed by atoms with Crippen LogP contribution in [0.15, 0.2) is 16.7 Å². The van der Waals surface area contributed by atoms with Crippen molar-refractivity contribution in [2.24, 2.45) is 5.73 Å². The summed E-state index contributed by atoms with van der Waals surface area (Å²) in [6.45, 7) is 4.13. The lowest BCUT2D eigenvalue weighted by atomic mass is 10.1. The average Bonchev–Trinajstić information content (AvgIpc) is 2.23. The third-order valence-electron chi connectivity index (χ3n) is 2.90. The number of piperidine rings is 1. The van der Waals surface area contributed by atoms with E-state index in [-0.39, 0.29) is 0 Å². The molecule has 0 amide bonds. The Morgan fingerprint density at radius 3 is 2.73 bits per heavy atom. The largest absolute Gasteiger partial charge is 0.356 e. The molecule has 0 bridgehead atoms. The SMILES string of the molecule is Cc1cc(N2CCC(N)CC2)ncc1Br. The van der Waals surface area contributed by atoms with E-state index in [1.807, 2.05) is 6.20 Å². The lowest BCUT2D eigenvalue weighted by molar-refractivity contribution is 0.498. The first-order valence-electron chi connectivity index (χ1n) is 5.29. The maximum atomic E-state index is 5.87. The Bertz CT molecular complexity index is 346. The van der Waals surface area contributed by atoms with Gasteiger partial charge in [-0.2, -0.15) is 0 Å². The number of hydrogen-bond acceptors (Lipinski definition) is 3. The van der Waals surface area contributed by atoms with Gasteiger partial charge in [-0.3, -0.25) is 0 Å². The normalized spacial score (nSPS) is 18.2. The lowest BCUT2D eigenvalue weighted by Crippen LogP contribution is -2.40. The van der Waals surface area contributed by atoms with Crippen LogP contribution in [-0.4, -0.2) is 24.1 Å². The molecule has 15 heavy (non-hydrogen) atoms. The third kappa shape index (κ3) is 2.49. The molecule has 0 radical (unpaired) electrons. The van der Waals surface area contributed by atoms with Crippen LogP contribution in [0.4, 0.5) is 5.82 Å². The summed E-state index contributed by atoms with van der Waals surface area (Å²) in [7, 11) is 0. The molecule has 4 heteroatoms. The van der Waals surface area contributed by atoms with Gasteiger partial charge in [-0.15, -0.1) is 0 Å². The molecule has 0 unspecified atom stereocenters. The standard InChI is InChI=1S/C11H16BrN3/c1-8-6-11(14-7-10(8)12)15-4-2-9(13)3-5-15/h6-7,9H,2-5,13H2,1H3. The smallest absolute Gasteiger partial charge is 0.128 e. The Morgan fingerprint density at radius 1 is 1.47 bits per heavy atom. The van der Waals surface area contributed by atoms with Crippen molar-refractivity contribution in [2.75, 3.05) is 18.0 Å². The highest BCUT2D eigenvalue weighted by Gasteiger charge is 2.17. The van der Waals surface area contributed by atoms with Gasteiger partial charge >= 0.3 is 0 Å². The monoisotopic (exact) mass is 269 g/mol. The zero-order valence-corrected chi connectivity index (χ0v) is 10.5. The number of aryl methyl sites for hydroxylation is 1. The molecule has 1 aromatic heterocycles. The first-order chi connectivity index (χ1) is 7.16. The van der Waals surface area contributed by atoms with Crippen LogP contribution in [0.25, 0.3) is 0 Å². The molecule has 0 saturated carbocycles. The van der Waals surface area contributed by atoms with E-state index >= 15 is 0 Å². The number of anilines is 1. The first-order valence-corrected chi connectivity index (χ1v) is 6.09. The minimum Gasteiger partial charge on any atom is -0.356 e. The number of aromatic nitrogens is 1. The average molecular weight is 270 g/mol. The molecule has 0 spiro atoms. The molecule has 82 valence electrons. The minimum atomic E-state index is 0.373. The maximum absolute atomic E-state index is 5.87. The van der Waals surface area contributed by atoms with Gasteiger partial charge in [0.25, 0.3) is 0 Å². The van der Waals surface area contributed by atoms with Crippen LogP contribution in [0.1, 0.15) is 18.4 Å². The summed E-state index contributed by atoms with van der Waals surface area (Å²) in [4.78, 5) is 6.73. The fourth-order valence-electron chi connectivity index (χ4n) is 1.83. The molecule has 1 fully saturated rings. The van der Waals surface area contributed by atoms with Gasteiger partial charge in [0.1, 0.15) is 5.82 Å². The molecular formula is C11H16BrN3. The zero-order chi connectivity index (χ0) is 10.8. The van der Waals surface area contributed by atoms with Gasteiger partial charge in [0, 0.05) is 29.8 Å². The van der Waals surface area contributed by atoms with Crippen LogP contribution >= 0.6 is 15.9 Å². The number of nitrogens with zero attached hydrogens (tertiary/aromatic N) is 2. The highest BCUT2D eigenvalue weighted by molar-refractivity contribution is 9.10. The van der Waals surface area contributed by atoms with Crippen molar-refractivity contribution >= 4 is 21.7 Å². The molecule has 2 N–H and O–H groups in total. The number of pyridine rings is 1. The molecule has 3 nitrogen and oxygen atoms in total. The van der Waals surface area contributed by atoms with Gasteiger partial charge in [0.2, 0.25) is 0 Å². The Balaban J connectivity index is 2.12. The van der Waals surface area contributed by atoms with Crippen LogP contribution in [0.2, 0.25) is 0 Å². The highest BCUT2D eigenvalue weighted by atomic mass is 79.9. The van der Waals surface area contributed by atoms with Crippen LogP contribution in [0, 0.1) is 6.92 Å². The summed E-state index contributed by atoms with van der Waals surface area (Å²) >= 11 is 3.46. The Kier molecular flexibility index (Phi) is 3.26. The summed E-state index contributed by atoms with van der Waals surface area (Å²) < 4.78 is 1.07.